The molecule has 2 amide bonds. The number of carbonyl (C=O) groups excluding carboxylic acids is 2. The Morgan fingerprint density at radius 3 is 2.30 bits per heavy atom. The van der Waals surface area contributed by atoms with Gasteiger partial charge in [-0.15, -0.1) is 0 Å². The second-order valence-electron chi connectivity index (χ2n) is 6.51. The maximum atomic E-state index is 12.7. The standard InChI is InChI=1S/C22H29N3O2/c1-3-13-25(14-4-2)22(27)19-11-8-12-20(15-19)24-21(26)17-23-16-18-9-6-5-7-10-18/h5-12,15,23H,3-4,13-14,16-17H2,1-2H3,(H,24,26). The lowest BCUT2D eigenvalue weighted by atomic mass is 10.1. The number of nitrogens with zero attached hydrogens (tertiary/aromatic N) is 1. The minimum Gasteiger partial charge on any atom is -0.339 e. The maximum absolute atomic E-state index is 12.7. The van der Waals surface area contributed by atoms with Gasteiger partial charge < -0.3 is 15.5 Å². The Bertz CT molecular complexity index is 725. The second kappa shape index (κ2) is 11.1. The molecular weight excluding hydrogens is 338 g/mol. The SMILES string of the molecule is CCCN(CCC)C(=O)c1cccc(NC(=O)CNCc2ccccc2)c1. The maximum Gasteiger partial charge on any atom is 0.253 e. The van der Waals surface area contributed by atoms with Gasteiger partial charge in [-0.05, 0) is 36.6 Å². The normalized spacial score (nSPS) is 10.4. The van der Waals surface area contributed by atoms with E-state index in [0.717, 1.165) is 31.5 Å². The summed E-state index contributed by atoms with van der Waals surface area (Å²) in [6, 6.07) is 17.1. The highest BCUT2D eigenvalue weighted by molar-refractivity contribution is 5.97. The Morgan fingerprint density at radius 2 is 1.63 bits per heavy atom. The molecule has 27 heavy (non-hydrogen) atoms. The molecule has 0 aromatic heterocycles. The summed E-state index contributed by atoms with van der Waals surface area (Å²) in [5.74, 6) is -0.119. The van der Waals surface area contributed by atoms with E-state index in [1.165, 1.54) is 0 Å². The van der Waals surface area contributed by atoms with Crippen LogP contribution in [0.1, 0.15) is 42.6 Å². The molecule has 2 rings (SSSR count). The van der Waals surface area contributed by atoms with Crippen molar-refractivity contribution < 1.29 is 9.59 Å². The Kier molecular flexibility index (Phi) is 8.52. The van der Waals surface area contributed by atoms with Crippen molar-refractivity contribution in [2.75, 3.05) is 25.0 Å². The van der Waals surface area contributed by atoms with Gasteiger partial charge in [0.05, 0.1) is 6.54 Å². The molecule has 0 aliphatic carbocycles. The third-order valence-electron chi connectivity index (χ3n) is 4.13. The highest BCUT2D eigenvalue weighted by atomic mass is 16.2. The van der Waals surface area contributed by atoms with E-state index in [1.54, 1.807) is 24.3 Å². The van der Waals surface area contributed by atoms with E-state index in [2.05, 4.69) is 24.5 Å². The van der Waals surface area contributed by atoms with Crippen LogP contribution in [0, 0.1) is 0 Å². The minimum absolute atomic E-state index is 0.0111. The summed E-state index contributed by atoms with van der Waals surface area (Å²) in [5, 5.41) is 5.98. The monoisotopic (exact) mass is 367 g/mol. The molecule has 0 bridgehead atoms. The van der Waals surface area contributed by atoms with E-state index in [4.69, 9.17) is 0 Å². The molecule has 2 aromatic carbocycles. The molecule has 0 unspecified atom stereocenters. The molecule has 0 saturated heterocycles. The van der Waals surface area contributed by atoms with E-state index in [0.29, 0.717) is 17.8 Å². The average Bonchev–Trinajstić information content (AvgIpc) is 2.68. The van der Waals surface area contributed by atoms with Crippen molar-refractivity contribution in [3.05, 3.63) is 65.7 Å². The summed E-state index contributed by atoms with van der Waals surface area (Å²) in [6.45, 7) is 6.46. The third-order valence-corrected chi connectivity index (χ3v) is 4.13. The topological polar surface area (TPSA) is 61.4 Å². The first-order valence-corrected chi connectivity index (χ1v) is 9.57. The minimum atomic E-state index is -0.130. The zero-order valence-electron chi connectivity index (χ0n) is 16.2. The van der Waals surface area contributed by atoms with Crippen molar-refractivity contribution >= 4 is 17.5 Å². The van der Waals surface area contributed by atoms with Gasteiger partial charge in [0.25, 0.3) is 5.91 Å². The summed E-state index contributed by atoms with van der Waals surface area (Å²) >= 11 is 0. The van der Waals surface area contributed by atoms with Gasteiger partial charge in [-0.1, -0.05) is 50.2 Å². The molecule has 0 aliphatic heterocycles. The lowest BCUT2D eigenvalue weighted by Crippen LogP contribution is -2.32. The zero-order chi connectivity index (χ0) is 19.5. The molecule has 0 atom stereocenters. The number of anilines is 1. The first kappa shape index (κ1) is 20.6. The van der Waals surface area contributed by atoms with E-state index in [9.17, 15) is 9.59 Å². The van der Waals surface area contributed by atoms with Crippen LogP contribution in [0.2, 0.25) is 0 Å². The summed E-state index contributed by atoms with van der Waals surface area (Å²) < 4.78 is 0. The van der Waals surface area contributed by atoms with Crippen molar-refractivity contribution in [2.24, 2.45) is 0 Å². The fourth-order valence-corrected chi connectivity index (χ4v) is 2.89. The summed E-state index contributed by atoms with van der Waals surface area (Å²) in [4.78, 5) is 26.7. The Hall–Kier alpha value is -2.66. The number of carbonyl (C=O) groups is 2. The largest absolute Gasteiger partial charge is 0.339 e. The lowest BCUT2D eigenvalue weighted by molar-refractivity contribution is -0.115. The predicted molar refractivity (Wildman–Crippen MR) is 110 cm³/mol. The fraction of sp³-hybridized carbons (Fsp3) is 0.364. The number of nitrogens with one attached hydrogen (secondary N) is 2. The molecule has 0 fully saturated rings. The molecule has 0 saturated carbocycles. The van der Waals surface area contributed by atoms with E-state index >= 15 is 0 Å². The van der Waals surface area contributed by atoms with E-state index in [-0.39, 0.29) is 18.4 Å². The highest BCUT2D eigenvalue weighted by Gasteiger charge is 2.14. The smallest absolute Gasteiger partial charge is 0.253 e. The molecule has 0 heterocycles. The van der Waals surface area contributed by atoms with Crippen LogP contribution >= 0.6 is 0 Å². The van der Waals surface area contributed by atoms with Gasteiger partial charge in [-0.3, -0.25) is 9.59 Å². The van der Waals surface area contributed by atoms with Crippen molar-refractivity contribution in [3.8, 4) is 0 Å². The molecule has 0 aliphatic rings. The van der Waals surface area contributed by atoms with Gasteiger partial charge in [0, 0.05) is 30.9 Å². The second-order valence-corrected chi connectivity index (χ2v) is 6.51. The van der Waals surface area contributed by atoms with Crippen LogP contribution in [0.4, 0.5) is 5.69 Å². The fourth-order valence-electron chi connectivity index (χ4n) is 2.89. The quantitative estimate of drug-likeness (QED) is 0.673. The highest BCUT2D eigenvalue weighted by Crippen LogP contribution is 2.13. The van der Waals surface area contributed by atoms with Crippen molar-refractivity contribution in [1.29, 1.82) is 0 Å². The van der Waals surface area contributed by atoms with Gasteiger partial charge in [0.1, 0.15) is 0 Å². The van der Waals surface area contributed by atoms with Gasteiger partial charge in [0.2, 0.25) is 5.91 Å². The van der Waals surface area contributed by atoms with Gasteiger partial charge in [-0.2, -0.15) is 0 Å². The molecule has 0 spiro atoms. The van der Waals surface area contributed by atoms with Crippen LogP contribution in [0.3, 0.4) is 0 Å². The Morgan fingerprint density at radius 1 is 0.926 bits per heavy atom. The van der Waals surface area contributed by atoms with Crippen LogP contribution < -0.4 is 10.6 Å². The van der Waals surface area contributed by atoms with Crippen LogP contribution in [-0.4, -0.2) is 36.3 Å². The summed E-state index contributed by atoms with van der Waals surface area (Å²) in [6.07, 6.45) is 1.85. The van der Waals surface area contributed by atoms with Gasteiger partial charge >= 0.3 is 0 Å². The van der Waals surface area contributed by atoms with Gasteiger partial charge in [-0.25, -0.2) is 0 Å². The van der Waals surface area contributed by atoms with Crippen LogP contribution in [-0.2, 0) is 11.3 Å². The summed E-state index contributed by atoms with van der Waals surface area (Å²) in [7, 11) is 0. The predicted octanol–water partition coefficient (Wildman–Crippen LogP) is 3.68. The summed E-state index contributed by atoms with van der Waals surface area (Å²) in [5.41, 5.74) is 2.37. The number of amides is 2. The molecule has 5 nitrogen and oxygen atoms in total. The Balaban J connectivity index is 1.90. The first-order chi connectivity index (χ1) is 13.1. The van der Waals surface area contributed by atoms with Crippen molar-refractivity contribution in [1.82, 2.24) is 10.2 Å². The number of benzene rings is 2. The molecule has 2 N–H and O–H groups in total. The van der Waals surface area contributed by atoms with Crippen molar-refractivity contribution in [3.63, 3.8) is 0 Å². The van der Waals surface area contributed by atoms with E-state index in [1.807, 2.05) is 35.2 Å². The van der Waals surface area contributed by atoms with Crippen LogP contribution in [0.25, 0.3) is 0 Å². The molecule has 2 aromatic rings. The van der Waals surface area contributed by atoms with Crippen LogP contribution in [0.5, 0.6) is 0 Å². The van der Waals surface area contributed by atoms with E-state index < -0.39 is 0 Å². The number of hydrogen-bond acceptors (Lipinski definition) is 3. The van der Waals surface area contributed by atoms with Crippen molar-refractivity contribution in [2.45, 2.75) is 33.2 Å². The Labute approximate surface area is 161 Å². The molecular formula is C22H29N3O2. The zero-order valence-corrected chi connectivity index (χ0v) is 16.2. The average molecular weight is 367 g/mol. The molecule has 0 radical (unpaired) electrons. The first-order valence-electron chi connectivity index (χ1n) is 9.57. The van der Waals surface area contributed by atoms with Crippen LogP contribution in [0.15, 0.2) is 54.6 Å². The number of rotatable bonds is 10. The lowest BCUT2D eigenvalue weighted by Gasteiger charge is -2.21. The molecule has 144 valence electrons. The molecule has 5 heteroatoms. The third kappa shape index (κ3) is 6.87. The van der Waals surface area contributed by atoms with Gasteiger partial charge in [0.15, 0.2) is 0 Å². The number of hydrogen-bond donors (Lipinski definition) is 2.